The zero-order chi connectivity index (χ0) is 19.1. The van der Waals surface area contributed by atoms with Crippen molar-refractivity contribution in [1.82, 2.24) is 34.8 Å². The number of aromatic nitrogens is 7. The van der Waals surface area contributed by atoms with Gasteiger partial charge in [0.25, 0.3) is 5.78 Å². The number of hydrogen-bond donors (Lipinski definition) is 0. The van der Waals surface area contributed by atoms with E-state index >= 15 is 0 Å². The molecule has 142 valence electrons. The van der Waals surface area contributed by atoms with Gasteiger partial charge in [0.15, 0.2) is 5.76 Å². The van der Waals surface area contributed by atoms with E-state index in [2.05, 4.69) is 37.1 Å². The van der Waals surface area contributed by atoms with Crippen LogP contribution in [0.5, 0.6) is 0 Å². The molecule has 1 fully saturated rings. The van der Waals surface area contributed by atoms with Crippen LogP contribution in [0, 0.1) is 12.8 Å². The molecule has 0 N–H and O–H groups in total. The normalized spacial score (nSPS) is 17.4. The Morgan fingerprint density at radius 3 is 2.93 bits per heavy atom. The number of aryl methyl sites for hydroxylation is 1. The molecule has 1 atom stereocenters. The quantitative estimate of drug-likeness (QED) is 0.538. The molecule has 9 nitrogen and oxygen atoms in total. The van der Waals surface area contributed by atoms with Gasteiger partial charge in [-0.1, -0.05) is 6.92 Å². The van der Waals surface area contributed by atoms with Crippen LogP contribution < -0.4 is 4.90 Å². The molecule has 1 unspecified atom stereocenters. The average molecular weight is 376 g/mol. The number of nitrogens with zero attached hydrogens (tertiary/aromatic N) is 8. The molecule has 4 aromatic rings. The van der Waals surface area contributed by atoms with Gasteiger partial charge in [-0.05, 0) is 43.9 Å². The van der Waals surface area contributed by atoms with Gasteiger partial charge in [0.1, 0.15) is 5.69 Å². The van der Waals surface area contributed by atoms with Crippen molar-refractivity contribution in [2.24, 2.45) is 5.92 Å². The van der Waals surface area contributed by atoms with Crippen molar-refractivity contribution in [3.05, 3.63) is 36.4 Å². The largest absolute Gasteiger partial charge is 0.461 e. The first kappa shape index (κ1) is 16.8. The van der Waals surface area contributed by atoms with Gasteiger partial charge in [0.05, 0.1) is 17.7 Å². The van der Waals surface area contributed by atoms with Crippen LogP contribution in [0.3, 0.4) is 0 Å². The number of rotatable bonds is 3. The summed E-state index contributed by atoms with van der Waals surface area (Å²) in [7, 11) is 0. The standard InChI is InChI=1S/C19H20N8O/c1-12-5-3-9-26(11-12)18-20-8-7-14(21-18)16-13(2)27-19(24-23-16)22-17(25-27)15-6-4-10-28-15/h4,6-8,10,12H,3,5,9,11H2,1-2H3. The van der Waals surface area contributed by atoms with Gasteiger partial charge in [0, 0.05) is 19.3 Å². The molecule has 1 saturated heterocycles. The molecule has 1 aliphatic rings. The van der Waals surface area contributed by atoms with Crippen LogP contribution in [-0.4, -0.2) is 47.9 Å². The lowest BCUT2D eigenvalue weighted by Crippen LogP contribution is -2.35. The minimum absolute atomic E-state index is 0.423. The van der Waals surface area contributed by atoms with E-state index in [9.17, 15) is 0 Å². The molecule has 0 aliphatic carbocycles. The first-order valence-electron chi connectivity index (χ1n) is 9.41. The molecule has 28 heavy (non-hydrogen) atoms. The fourth-order valence-corrected chi connectivity index (χ4v) is 3.61. The Bertz CT molecular complexity index is 1120. The molecular weight excluding hydrogens is 356 g/mol. The highest BCUT2D eigenvalue weighted by Gasteiger charge is 2.20. The average Bonchev–Trinajstić information content (AvgIpc) is 3.38. The summed E-state index contributed by atoms with van der Waals surface area (Å²) in [6.45, 7) is 6.15. The van der Waals surface area contributed by atoms with E-state index in [0.29, 0.717) is 29.0 Å². The van der Waals surface area contributed by atoms with Crippen molar-refractivity contribution in [2.45, 2.75) is 26.7 Å². The van der Waals surface area contributed by atoms with Gasteiger partial charge in [-0.25, -0.2) is 9.97 Å². The van der Waals surface area contributed by atoms with Crippen LogP contribution in [0.15, 0.2) is 35.1 Å². The van der Waals surface area contributed by atoms with E-state index < -0.39 is 0 Å². The zero-order valence-electron chi connectivity index (χ0n) is 15.8. The number of furan rings is 1. The van der Waals surface area contributed by atoms with E-state index in [1.54, 1.807) is 23.0 Å². The van der Waals surface area contributed by atoms with Gasteiger partial charge in [0.2, 0.25) is 11.8 Å². The van der Waals surface area contributed by atoms with Crippen LogP contribution >= 0.6 is 0 Å². The molecule has 0 bridgehead atoms. The van der Waals surface area contributed by atoms with E-state index in [0.717, 1.165) is 36.8 Å². The number of hydrogen-bond acceptors (Lipinski definition) is 8. The lowest BCUT2D eigenvalue weighted by Gasteiger charge is -2.30. The minimum atomic E-state index is 0.423. The molecule has 5 rings (SSSR count). The van der Waals surface area contributed by atoms with Gasteiger partial charge < -0.3 is 9.32 Å². The van der Waals surface area contributed by atoms with Gasteiger partial charge >= 0.3 is 0 Å². The van der Waals surface area contributed by atoms with Crippen molar-refractivity contribution in [3.8, 4) is 23.0 Å². The molecule has 1 aliphatic heterocycles. The number of anilines is 1. The fraction of sp³-hybridized carbons (Fsp3) is 0.368. The molecule has 0 aromatic carbocycles. The molecule has 0 radical (unpaired) electrons. The number of fused-ring (bicyclic) bond motifs is 1. The van der Waals surface area contributed by atoms with Crippen LogP contribution in [-0.2, 0) is 0 Å². The van der Waals surface area contributed by atoms with E-state index in [4.69, 9.17) is 9.40 Å². The number of piperidine rings is 1. The second-order valence-corrected chi connectivity index (χ2v) is 7.19. The monoisotopic (exact) mass is 376 g/mol. The molecule has 0 saturated carbocycles. The predicted molar refractivity (Wildman–Crippen MR) is 103 cm³/mol. The highest BCUT2D eigenvalue weighted by molar-refractivity contribution is 5.59. The molecule has 0 amide bonds. The Labute approximate surface area is 161 Å². The van der Waals surface area contributed by atoms with Gasteiger partial charge in [-0.3, -0.25) is 0 Å². The molecule has 0 spiro atoms. The smallest absolute Gasteiger partial charge is 0.272 e. The topological polar surface area (TPSA) is 98.1 Å². The second kappa shape index (κ2) is 6.66. The summed E-state index contributed by atoms with van der Waals surface area (Å²) in [4.78, 5) is 15.9. The van der Waals surface area contributed by atoms with E-state index in [-0.39, 0.29) is 0 Å². The van der Waals surface area contributed by atoms with Gasteiger partial charge in [-0.15, -0.1) is 15.3 Å². The van der Waals surface area contributed by atoms with E-state index in [1.807, 2.05) is 19.1 Å². The van der Waals surface area contributed by atoms with Gasteiger partial charge in [-0.2, -0.15) is 9.50 Å². The summed E-state index contributed by atoms with van der Waals surface area (Å²) in [5.41, 5.74) is 2.20. The molecular formula is C19H20N8O. The Balaban J connectivity index is 1.54. The van der Waals surface area contributed by atoms with Crippen LogP contribution in [0.25, 0.3) is 28.8 Å². The van der Waals surface area contributed by atoms with Crippen molar-refractivity contribution >= 4 is 11.7 Å². The maximum absolute atomic E-state index is 5.38. The maximum atomic E-state index is 5.38. The Morgan fingerprint density at radius 2 is 2.11 bits per heavy atom. The highest BCUT2D eigenvalue weighted by Crippen LogP contribution is 2.24. The van der Waals surface area contributed by atoms with Crippen molar-refractivity contribution < 1.29 is 4.42 Å². The maximum Gasteiger partial charge on any atom is 0.272 e. The predicted octanol–water partition coefficient (Wildman–Crippen LogP) is 2.78. The second-order valence-electron chi connectivity index (χ2n) is 7.19. The summed E-state index contributed by atoms with van der Waals surface area (Å²) in [6.07, 6.45) is 5.78. The SMILES string of the molecule is Cc1c(-c2ccnc(N3CCCC(C)C3)n2)nnc2nc(-c3ccco3)nn12. The third-order valence-electron chi connectivity index (χ3n) is 5.06. The first-order chi connectivity index (χ1) is 13.7. The molecule has 5 heterocycles. The first-order valence-corrected chi connectivity index (χ1v) is 9.41. The third kappa shape index (κ3) is 2.88. The van der Waals surface area contributed by atoms with Crippen molar-refractivity contribution in [1.29, 1.82) is 0 Å². The summed E-state index contributed by atoms with van der Waals surface area (Å²) in [5.74, 6) is 2.88. The van der Waals surface area contributed by atoms with Crippen LogP contribution in [0.1, 0.15) is 25.5 Å². The lowest BCUT2D eigenvalue weighted by molar-refractivity contribution is 0.442. The summed E-state index contributed by atoms with van der Waals surface area (Å²) in [6, 6.07) is 5.47. The summed E-state index contributed by atoms with van der Waals surface area (Å²) < 4.78 is 7.05. The summed E-state index contributed by atoms with van der Waals surface area (Å²) in [5, 5.41) is 13.1. The van der Waals surface area contributed by atoms with E-state index in [1.165, 1.54) is 6.42 Å². The molecule has 9 heteroatoms. The van der Waals surface area contributed by atoms with Crippen molar-refractivity contribution in [3.63, 3.8) is 0 Å². The highest BCUT2D eigenvalue weighted by atomic mass is 16.3. The Hall–Kier alpha value is -3.36. The fourth-order valence-electron chi connectivity index (χ4n) is 3.61. The Kier molecular flexibility index (Phi) is 4.00. The zero-order valence-corrected chi connectivity index (χ0v) is 15.8. The van der Waals surface area contributed by atoms with Crippen LogP contribution in [0.4, 0.5) is 5.95 Å². The lowest BCUT2D eigenvalue weighted by atomic mass is 10.0. The Morgan fingerprint density at radius 1 is 1.18 bits per heavy atom. The molecule has 4 aromatic heterocycles. The third-order valence-corrected chi connectivity index (χ3v) is 5.06. The van der Waals surface area contributed by atoms with Crippen LogP contribution in [0.2, 0.25) is 0 Å². The van der Waals surface area contributed by atoms with Crippen molar-refractivity contribution in [2.75, 3.05) is 18.0 Å². The summed E-state index contributed by atoms with van der Waals surface area (Å²) >= 11 is 0. The minimum Gasteiger partial charge on any atom is -0.461 e.